The molecular weight excluding hydrogens is 204 g/mol. The van der Waals surface area contributed by atoms with Crippen LogP contribution in [0.5, 0.6) is 5.88 Å². The van der Waals surface area contributed by atoms with E-state index < -0.39 is 8.07 Å². The summed E-state index contributed by atoms with van der Waals surface area (Å²) in [4.78, 5) is 4.04. The first kappa shape index (κ1) is 11.7. The van der Waals surface area contributed by atoms with Gasteiger partial charge in [0.15, 0.2) is 0 Å². The number of ether oxygens (including phenoxy) is 1. The SMILES string of the molecule is C[Si](C)(C)CCOc1ccc(C#N)cn1. The molecule has 0 bridgehead atoms. The van der Waals surface area contributed by atoms with Crippen LogP contribution in [0.15, 0.2) is 18.3 Å². The van der Waals surface area contributed by atoms with Crippen LogP contribution in [-0.2, 0) is 0 Å². The minimum absolute atomic E-state index is 0.563. The molecule has 0 N–H and O–H groups in total. The Hall–Kier alpha value is -1.34. The van der Waals surface area contributed by atoms with Crippen LogP contribution in [0.25, 0.3) is 0 Å². The Labute approximate surface area is 91.7 Å². The molecule has 0 aliphatic heterocycles. The first-order valence-electron chi connectivity index (χ1n) is 5.00. The third-order valence-electron chi connectivity index (χ3n) is 1.97. The van der Waals surface area contributed by atoms with E-state index in [-0.39, 0.29) is 0 Å². The van der Waals surface area contributed by atoms with Crippen molar-refractivity contribution in [3.05, 3.63) is 23.9 Å². The van der Waals surface area contributed by atoms with E-state index in [0.717, 1.165) is 6.04 Å². The second-order valence-corrected chi connectivity index (χ2v) is 10.3. The molecule has 1 rings (SSSR count). The molecule has 1 aromatic heterocycles. The van der Waals surface area contributed by atoms with Gasteiger partial charge in [0.25, 0.3) is 0 Å². The zero-order chi connectivity index (χ0) is 11.3. The summed E-state index contributed by atoms with van der Waals surface area (Å²) in [5.41, 5.74) is 0.563. The Morgan fingerprint density at radius 2 is 2.13 bits per heavy atom. The Balaban J connectivity index is 2.42. The molecule has 1 heterocycles. The van der Waals surface area contributed by atoms with Crippen molar-refractivity contribution in [3.8, 4) is 11.9 Å². The van der Waals surface area contributed by atoms with Crippen LogP contribution in [0.2, 0.25) is 25.7 Å². The molecule has 0 atom stereocenters. The molecule has 0 unspecified atom stereocenters. The van der Waals surface area contributed by atoms with Crippen molar-refractivity contribution < 1.29 is 4.74 Å². The maximum Gasteiger partial charge on any atom is 0.213 e. The third-order valence-corrected chi connectivity index (χ3v) is 3.67. The summed E-state index contributed by atoms with van der Waals surface area (Å²) in [6.45, 7) is 7.64. The number of hydrogen-bond acceptors (Lipinski definition) is 3. The summed E-state index contributed by atoms with van der Waals surface area (Å²) in [6, 6.07) is 6.60. The van der Waals surface area contributed by atoms with E-state index in [1.165, 1.54) is 6.20 Å². The summed E-state index contributed by atoms with van der Waals surface area (Å²) in [6.07, 6.45) is 1.53. The molecular formula is C11H16N2OSi. The normalized spacial score (nSPS) is 10.8. The van der Waals surface area contributed by atoms with Gasteiger partial charge in [-0.15, -0.1) is 0 Å². The van der Waals surface area contributed by atoms with Crippen LogP contribution in [0.4, 0.5) is 0 Å². The van der Waals surface area contributed by atoms with Gasteiger partial charge in [-0.2, -0.15) is 5.26 Å². The van der Waals surface area contributed by atoms with Gasteiger partial charge in [-0.1, -0.05) is 19.6 Å². The van der Waals surface area contributed by atoms with Gasteiger partial charge in [0.2, 0.25) is 5.88 Å². The lowest BCUT2D eigenvalue weighted by atomic mass is 10.3. The van der Waals surface area contributed by atoms with Crippen molar-refractivity contribution in [1.29, 1.82) is 5.26 Å². The highest BCUT2D eigenvalue weighted by Gasteiger charge is 2.12. The van der Waals surface area contributed by atoms with Gasteiger partial charge in [0, 0.05) is 20.3 Å². The van der Waals surface area contributed by atoms with E-state index in [4.69, 9.17) is 10.00 Å². The number of pyridine rings is 1. The minimum atomic E-state index is -1.03. The number of nitrogens with zero attached hydrogens (tertiary/aromatic N) is 2. The predicted octanol–water partition coefficient (Wildman–Crippen LogP) is 2.67. The van der Waals surface area contributed by atoms with Crippen LogP contribution in [0, 0.1) is 11.3 Å². The fourth-order valence-corrected chi connectivity index (χ4v) is 1.71. The maximum absolute atomic E-state index is 8.59. The summed E-state index contributed by atoms with van der Waals surface area (Å²) >= 11 is 0. The minimum Gasteiger partial charge on any atom is -0.478 e. The first-order chi connectivity index (χ1) is 7.01. The number of nitriles is 1. The van der Waals surface area contributed by atoms with Gasteiger partial charge in [0.05, 0.1) is 12.2 Å². The predicted molar refractivity (Wildman–Crippen MR) is 62.6 cm³/mol. The summed E-state index contributed by atoms with van der Waals surface area (Å²) in [7, 11) is -1.03. The van der Waals surface area contributed by atoms with Crippen molar-refractivity contribution in [1.82, 2.24) is 4.98 Å². The molecule has 0 saturated heterocycles. The summed E-state index contributed by atoms with van der Waals surface area (Å²) < 4.78 is 5.50. The average Bonchev–Trinajstić information content (AvgIpc) is 2.17. The topological polar surface area (TPSA) is 45.9 Å². The van der Waals surface area contributed by atoms with E-state index in [2.05, 4.69) is 24.6 Å². The Morgan fingerprint density at radius 3 is 2.60 bits per heavy atom. The van der Waals surface area contributed by atoms with Gasteiger partial charge in [-0.25, -0.2) is 4.98 Å². The second-order valence-electron chi connectivity index (χ2n) is 4.66. The van der Waals surface area contributed by atoms with Gasteiger partial charge < -0.3 is 4.74 Å². The van der Waals surface area contributed by atoms with Crippen LogP contribution >= 0.6 is 0 Å². The highest BCUT2D eigenvalue weighted by molar-refractivity contribution is 6.76. The number of hydrogen-bond donors (Lipinski definition) is 0. The van der Waals surface area contributed by atoms with Crippen molar-refractivity contribution in [2.24, 2.45) is 0 Å². The van der Waals surface area contributed by atoms with Crippen LogP contribution < -0.4 is 4.74 Å². The lowest BCUT2D eigenvalue weighted by molar-refractivity contribution is 0.325. The Kier molecular flexibility index (Phi) is 3.86. The fraction of sp³-hybridized carbons (Fsp3) is 0.455. The summed E-state index contributed by atoms with van der Waals surface area (Å²) in [5, 5.41) is 8.59. The fourth-order valence-electron chi connectivity index (χ4n) is 0.994. The molecule has 4 heteroatoms. The molecule has 3 nitrogen and oxygen atoms in total. The highest BCUT2D eigenvalue weighted by Crippen LogP contribution is 2.11. The van der Waals surface area contributed by atoms with Crippen molar-refractivity contribution in [2.75, 3.05) is 6.61 Å². The Bertz CT molecular complexity index is 348. The first-order valence-corrected chi connectivity index (χ1v) is 8.71. The zero-order valence-electron chi connectivity index (χ0n) is 9.45. The lowest BCUT2D eigenvalue weighted by Crippen LogP contribution is -2.22. The van der Waals surface area contributed by atoms with E-state index in [1.807, 2.05) is 6.07 Å². The Morgan fingerprint density at radius 1 is 1.40 bits per heavy atom. The van der Waals surface area contributed by atoms with Crippen molar-refractivity contribution in [3.63, 3.8) is 0 Å². The number of aromatic nitrogens is 1. The largest absolute Gasteiger partial charge is 0.478 e. The van der Waals surface area contributed by atoms with Gasteiger partial charge in [0.1, 0.15) is 6.07 Å². The molecule has 0 spiro atoms. The molecule has 0 fully saturated rings. The van der Waals surface area contributed by atoms with Gasteiger partial charge in [-0.05, 0) is 12.1 Å². The highest BCUT2D eigenvalue weighted by atomic mass is 28.3. The van der Waals surface area contributed by atoms with Gasteiger partial charge in [-0.3, -0.25) is 0 Å². The van der Waals surface area contributed by atoms with E-state index in [1.54, 1.807) is 12.1 Å². The summed E-state index contributed by atoms with van der Waals surface area (Å²) in [5.74, 6) is 0.604. The monoisotopic (exact) mass is 220 g/mol. The molecule has 0 aliphatic carbocycles. The molecule has 1 aromatic rings. The standard InChI is InChI=1S/C11H16N2OSi/c1-15(2,3)7-6-14-11-5-4-10(8-12)9-13-11/h4-5,9H,6-7H2,1-3H3. The molecule has 0 aromatic carbocycles. The molecule has 0 aliphatic rings. The number of rotatable bonds is 4. The van der Waals surface area contributed by atoms with Crippen LogP contribution in [0.3, 0.4) is 0 Å². The van der Waals surface area contributed by atoms with Crippen molar-refractivity contribution in [2.45, 2.75) is 25.7 Å². The second kappa shape index (κ2) is 4.94. The zero-order valence-corrected chi connectivity index (χ0v) is 10.4. The molecule has 0 radical (unpaired) electrons. The average molecular weight is 220 g/mol. The molecule has 80 valence electrons. The molecule has 15 heavy (non-hydrogen) atoms. The smallest absolute Gasteiger partial charge is 0.213 e. The van der Waals surface area contributed by atoms with Crippen molar-refractivity contribution >= 4 is 8.07 Å². The van der Waals surface area contributed by atoms with Crippen LogP contribution in [-0.4, -0.2) is 19.7 Å². The quantitative estimate of drug-likeness (QED) is 0.733. The molecule has 0 amide bonds. The van der Waals surface area contributed by atoms with E-state index in [9.17, 15) is 0 Å². The van der Waals surface area contributed by atoms with Gasteiger partial charge >= 0.3 is 0 Å². The van der Waals surface area contributed by atoms with E-state index in [0.29, 0.717) is 18.1 Å². The third kappa shape index (κ3) is 4.61. The lowest BCUT2D eigenvalue weighted by Gasteiger charge is -2.15. The van der Waals surface area contributed by atoms with E-state index >= 15 is 0 Å². The molecule has 0 saturated carbocycles. The van der Waals surface area contributed by atoms with Crippen LogP contribution in [0.1, 0.15) is 5.56 Å². The maximum atomic E-state index is 8.59.